The lowest BCUT2D eigenvalue weighted by Crippen LogP contribution is -2.20. The molecule has 1 aromatic heterocycles. The minimum atomic E-state index is -4.75. The monoisotopic (exact) mass is 386 g/mol. The molecule has 3 aromatic rings. The number of nitrogens with one attached hydrogen (secondary N) is 1. The third-order valence-corrected chi connectivity index (χ3v) is 5.73. The number of rotatable bonds is 5. The van der Waals surface area contributed by atoms with Crippen LogP contribution in [0.5, 0.6) is 5.75 Å². The molecule has 4 nitrogen and oxygen atoms in total. The molecule has 0 saturated carbocycles. The summed E-state index contributed by atoms with van der Waals surface area (Å²) < 4.78 is 55.2. The first-order valence-corrected chi connectivity index (χ1v) is 9.34. The summed E-state index contributed by atoms with van der Waals surface area (Å²) in [6, 6.07) is 12.9. The van der Waals surface area contributed by atoms with Gasteiger partial charge in [-0.25, -0.2) is 0 Å². The van der Waals surface area contributed by atoms with Crippen molar-refractivity contribution in [1.29, 1.82) is 5.41 Å². The van der Waals surface area contributed by atoms with Gasteiger partial charge < -0.3 is 13.9 Å². The lowest BCUT2D eigenvalue weighted by Gasteiger charge is -2.11. The van der Waals surface area contributed by atoms with Crippen LogP contribution in [-0.4, -0.2) is 21.2 Å². The number of nitrogens with zero attached hydrogens (tertiary/aromatic N) is 1. The minimum Gasteiger partial charge on any atom is -0.611 e. The van der Waals surface area contributed by atoms with E-state index in [0.29, 0.717) is 27.4 Å². The van der Waals surface area contributed by atoms with Crippen LogP contribution >= 0.6 is 11.3 Å². The molecule has 0 aliphatic carbocycles. The quantitative estimate of drug-likeness (QED) is 0.677. The summed E-state index contributed by atoms with van der Waals surface area (Å²) >= 11 is -0.160. The van der Waals surface area contributed by atoms with Crippen molar-refractivity contribution < 1.29 is 22.5 Å². The summed E-state index contributed by atoms with van der Waals surface area (Å²) in [5.74, 6) is -0.00558. The van der Waals surface area contributed by atoms with Gasteiger partial charge in [-0.05, 0) is 41.5 Å². The van der Waals surface area contributed by atoms with Crippen LogP contribution in [0.2, 0.25) is 0 Å². The Morgan fingerprint density at radius 2 is 1.88 bits per heavy atom. The van der Waals surface area contributed by atoms with Crippen LogP contribution in [0, 0.1) is 5.41 Å². The largest absolute Gasteiger partial charge is 0.611 e. The number of benzene rings is 2. The van der Waals surface area contributed by atoms with E-state index in [9.17, 15) is 17.7 Å². The second-order valence-corrected chi connectivity index (χ2v) is 7.70. The second-order valence-electron chi connectivity index (χ2n) is 5.10. The molecule has 25 heavy (non-hydrogen) atoms. The van der Waals surface area contributed by atoms with Crippen molar-refractivity contribution in [2.45, 2.75) is 17.8 Å². The molecule has 0 aliphatic rings. The molecule has 0 radical (unpaired) electrons. The zero-order chi connectivity index (χ0) is 18.0. The van der Waals surface area contributed by atoms with E-state index in [-0.39, 0.29) is 10.6 Å². The van der Waals surface area contributed by atoms with E-state index in [0.717, 1.165) is 11.3 Å². The number of fused-ring (bicyclic) bond motifs is 1. The molecule has 0 saturated heterocycles. The lowest BCUT2D eigenvalue weighted by molar-refractivity contribution is -0.274. The third kappa shape index (κ3) is 4.36. The van der Waals surface area contributed by atoms with E-state index >= 15 is 0 Å². The Labute approximate surface area is 148 Å². The van der Waals surface area contributed by atoms with Gasteiger partial charge in [0, 0.05) is 0 Å². The average molecular weight is 386 g/mol. The number of halogens is 3. The maximum atomic E-state index is 12.3. The Hall–Kier alpha value is -1.97. The van der Waals surface area contributed by atoms with Crippen molar-refractivity contribution >= 4 is 32.7 Å². The molecule has 0 aliphatic heterocycles. The summed E-state index contributed by atoms with van der Waals surface area (Å²) in [5.41, 5.74) is 0.620. The summed E-state index contributed by atoms with van der Waals surface area (Å²) in [6.45, 7) is 0.333. The highest BCUT2D eigenvalue weighted by Crippen LogP contribution is 2.28. The summed E-state index contributed by atoms with van der Waals surface area (Å²) in [5, 5.41) is 8.02. The first kappa shape index (κ1) is 17.8. The Bertz CT molecular complexity index is 923. The molecule has 0 fully saturated rings. The van der Waals surface area contributed by atoms with Crippen LogP contribution in [0.15, 0.2) is 53.4 Å². The van der Waals surface area contributed by atoms with Gasteiger partial charge in [0.2, 0.25) is 0 Å². The highest BCUT2D eigenvalue weighted by molar-refractivity contribution is 7.91. The molecular formula is C16H13F3N2O2S2. The number of aryl methyl sites for hydroxylation is 1. The van der Waals surface area contributed by atoms with E-state index in [1.165, 1.54) is 18.2 Å². The highest BCUT2D eigenvalue weighted by atomic mass is 32.2. The fraction of sp³-hybridized carbons (Fsp3) is 0.188. The molecular weight excluding hydrogens is 373 g/mol. The van der Waals surface area contributed by atoms with Gasteiger partial charge in [-0.1, -0.05) is 29.5 Å². The van der Waals surface area contributed by atoms with Crippen molar-refractivity contribution in [1.82, 2.24) is 4.57 Å². The summed E-state index contributed by atoms with van der Waals surface area (Å²) in [7, 11) is 0. The SMILES string of the molecule is N=c1sc2cc(OC(F)(F)F)ccc2n1CC[S+]([O-])c1ccccc1. The van der Waals surface area contributed by atoms with Gasteiger partial charge >= 0.3 is 6.36 Å². The predicted octanol–water partition coefficient (Wildman–Crippen LogP) is 3.89. The van der Waals surface area contributed by atoms with Gasteiger partial charge in [-0.3, -0.25) is 5.41 Å². The van der Waals surface area contributed by atoms with Crippen LogP contribution in [0.1, 0.15) is 0 Å². The zero-order valence-corrected chi connectivity index (χ0v) is 14.4. The lowest BCUT2D eigenvalue weighted by atomic mass is 10.3. The van der Waals surface area contributed by atoms with E-state index < -0.39 is 17.5 Å². The molecule has 1 atom stereocenters. The molecule has 2 aromatic carbocycles. The van der Waals surface area contributed by atoms with E-state index in [1.54, 1.807) is 28.8 Å². The number of ether oxygens (including phenoxy) is 1. The fourth-order valence-electron chi connectivity index (χ4n) is 2.35. The maximum Gasteiger partial charge on any atom is 0.573 e. The molecule has 9 heteroatoms. The Kier molecular flexibility index (Phi) is 5.07. The topological polar surface area (TPSA) is 61.1 Å². The van der Waals surface area contributed by atoms with Gasteiger partial charge in [-0.15, -0.1) is 13.2 Å². The Morgan fingerprint density at radius 1 is 1.16 bits per heavy atom. The maximum absolute atomic E-state index is 12.3. The first-order chi connectivity index (χ1) is 11.8. The Balaban J connectivity index is 1.80. The molecule has 132 valence electrons. The molecule has 0 spiro atoms. The van der Waals surface area contributed by atoms with Crippen LogP contribution in [-0.2, 0) is 17.7 Å². The van der Waals surface area contributed by atoms with Crippen molar-refractivity contribution in [2.75, 3.05) is 5.75 Å². The first-order valence-electron chi connectivity index (χ1n) is 7.21. The predicted molar refractivity (Wildman–Crippen MR) is 90.1 cm³/mol. The van der Waals surface area contributed by atoms with Crippen LogP contribution < -0.4 is 9.54 Å². The number of hydrogen-bond acceptors (Lipinski definition) is 4. The normalized spacial score (nSPS) is 13.1. The molecule has 1 unspecified atom stereocenters. The van der Waals surface area contributed by atoms with E-state index in [2.05, 4.69) is 4.74 Å². The molecule has 0 amide bonds. The number of aromatic nitrogens is 1. The number of alkyl halides is 3. The smallest absolute Gasteiger partial charge is 0.573 e. The van der Waals surface area contributed by atoms with Gasteiger partial charge in [0.05, 0.1) is 16.8 Å². The molecule has 0 bridgehead atoms. The van der Waals surface area contributed by atoms with Crippen molar-refractivity contribution in [3.8, 4) is 5.75 Å². The minimum absolute atomic E-state index is 0.184. The molecule has 3 rings (SSSR count). The molecule has 1 N–H and O–H groups in total. The van der Waals surface area contributed by atoms with Gasteiger partial charge in [0.1, 0.15) is 11.5 Å². The molecule has 1 heterocycles. The highest BCUT2D eigenvalue weighted by Gasteiger charge is 2.31. The van der Waals surface area contributed by atoms with E-state index in [1.807, 2.05) is 6.07 Å². The van der Waals surface area contributed by atoms with Crippen LogP contribution in [0.25, 0.3) is 10.2 Å². The van der Waals surface area contributed by atoms with Crippen molar-refractivity contribution in [3.05, 3.63) is 53.3 Å². The standard InChI is InChI=1S/C16H13F3N2O2S2/c17-16(18,19)23-11-6-7-13-14(10-11)24-15(20)21(13)8-9-25(22)12-4-2-1-3-5-12/h1-7,10,20H,8-9H2. The van der Waals surface area contributed by atoms with Gasteiger partial charge in [0.25, 0.3) is 0 Å². The third-order valence-electron chi connectivity index (χ3n) is 3.41. The van der Waals surface area contributed by atoms with E-state index in [4.69, 9.17) is 5.41 Å². The van der Waals surface area contributed by atoms with Crippen LogP contribution in [0.4, 0.5) is 13.2 Å². The zero-order valence-electron chi connectivity index (χ0n) is 12.7. The van der Waals surface area contributed by atoms with Gasteiger partial charge in [0.15, 0.2) is 9.70 Å². The number of hydrogen-bond donors (Lipinski definition) is 1. The summed E-state index contributed by atoms with van der Waals surface area (Å²) in [6.07, 6.45) is -4.75. The van der Waals surface area contributed by atoms with Crippen molar-refractivity contribution in [3.63, 3.8) is 0 Å². The fourth-order valence-corrected chi connectivity index (χ4v) is 4.36. The average Bonchev–Trinajstić information content (AvgIpc) is 2.86. The second kappa shape index (κ2) is 7.11. The summed E-state index contributed by atoms with van der Waals surface area (Å²) in [4.78, 5) is 0.888. The van der Waals surface area contributed by atoms with Crippen LogP contribution in [0.3, 0.4) is 0 Å². The van der Waals surface area contributed by atoms with Gasteiger partial charge in [-0.2, -0.15) is 0 Å². The number of thiazole rings is 1. The Morgan fingerprint density at radius 3 is 2.56 bits per heavy atom. The van der Waals surface area contributed by atoms with Crippen molar-refractivity contribution in [2.24, 2.45) is 0 Å².